The quantitative estimate of drug-likeness (QED) is 0.336. The first kappa shape index (κ1) is 25.7. The highest BCUT2D eigenvalue weighted by Gasteiger charge is 2.58. The van der Waals surface area contributed by atoms with Crippen LogP contribution in [0, 0.1) is 40.4 Å². The van der Waals surface area contributed by atoms with Crippen LogP contribution in [0.25, 0.3) is 0 Å². The van der Waals surface area contributed by atoms with Gasteiger partial charge in [-0.1, -0.05) is 58.6 Å². The Balaban J connectivity index is 0.000000523. The van der Waals surface area contributed by atoms with Crippen molar-refractivity contribution in [1.82, 2.24) is 0 Å². The first-order chi connectivity index (χ1) is 15.1. The third-order valence-electron chi connectivity index (χ3n) is 10.0. The topological polar surface area (TPSA) is 83.5 Å². The van der Waals surface area contributed by atoms with Gasteiger partial charge in [0, 0.05) is 0 Å². The van der Waals surface area contributed by atoms with E-state index in [1.807, 2.05) is 0 Å². The van der Waals surface area contributed by atoms with E-state index in [9.17, 15) is 9.90 Å². The molecule has 2 unspecified atom stereocenters. The van der Waals surface area contributed by atoms with Crippen molar-refractivity contribution >= 4 is 5.97 Å². The molecule has 0 aliphatic heterocycles. The SMILES string of the molecule is CC(C)CCCC[C@H]1CCC2[C@@H]3CC=C4C[C@@H](O)CC[C@]4(C)C3CC[C@@]21C.NCC(=O)O. The molecule has 7 atom stereocenters. The van der Waals surface area contributed by atoms with Crippen molar-refractivity contribution < 1.29 is 15.0 Å². The van der Waals surface area contributed by atoms with Crippen molar-refractivity contribution in [3.8, 4) is 0 Å². The molecule has 4 aliphatic carbocycles. The summed E-state index contributed by atoms with van der Waals surface area (Å²) < 4.78 is 0. The third kappa shape index (κ3) is 5.27. The standard InChI is InChI=1S/C26H44O.C2H5NO2/c1-18(2)7-5-6-8-19-10-12-23-22-11-9-20-17-21(27)13-15-26(20,4)24(22)14-16-25(19,23)3;3-1-2(4)5/h9,18-19,21-24,27H,5-8,10-17H2,1-4H3;1,3H2,(H,4,5)/t19-,21-,22-,23?,24?,25+,26-;/m0./s1. The molecular formula is C28H49NO3. The molecule has 184 valence electrons. The van der Waals surface area contributed by atoms with Crippen molar-refractivity contribution in [3.05, 3.63) is 11.6 Å². The van der Waals surface area contributed by atoms with Crippen molar-refractivity contribution in [1.29, 1.82) is 0 Å². The second-order valence-electron chi connectivity index (χ2n) is 12.3. The van der Waals surface area contributed by atoms with Gasteiger partial charge in [0.15, 0.2) is 0 Å². The fraction of sp³-hybridized carbons (Fsp3) is 0.893. The van der Waals surface area contributed by atoms with Crippen molar-refractivity contribution in [2.45, 2.75) is 111 Å². The summed E-state index contributed by atoms with van der Waals surface area (Å²) in [4.78, 5) is 9.24. The van der Waals surface area contributed by atoms with E-state index in [1.165, 1.54) is 64.2 Å². The molecule has 3 fully saturated rings. The van der Waals surface area contributed by atoms with E-state index in [0.29, 0.717) is 10.8 Å². The molecule has 0 bridgehead atoms. The summed E-state index contributed by atoms with van der Waals surface area (Å²) >= 11 is 0. The molecule has 32 heavy (non-hydrogen) atoms. The highest BCUT2D eigenvalue weighted by molar-refractivity contribution is 5.68. The smallest absolute Gasteiger partial charge is 0.317 e. The van der Waals surface area contributed by atoms with E-state index in [4.69, 9.17) is 5.11 Å². The summed E-state index contributed by atoms with van der Waals surface area (Å²) in [6.07, 6.45) is 18.7. The van der Waals surface area contributed by atoms with Crippen LogP contribution in [-0.4, -0.2) is 28.8 Å². The number of fused-ring (bicyclic) bond motifs is 5. The number of carboxylic acids is 1. The highest BCUT2D eigenvalue weighted by Crippen LogP contribution is 2.66. The van der Waals surface area contributed by atoms with Gasteiger partial charge in [-0.05, 0) is 98.2 Å². The molecule has 4 aliphatic rings. The van der Waals surface area contributed by atoms with Gasteiger partial charge >= 0.3 is 5.97 Å². The lowest BCUT2D eigenvalue weighted by Gasteiger charge is -2.58. The second-order valence-corrected chi connectivity index (χ2v) is 12.3. The highest BCUT2D eigenvalue weighted by atomic mass is 16.4. The largest absolute Gasteiger partial charge is 0.480 e. The monoisotopic (exact) mass is 447 g/mol. The van der Waals surface area contributed by atoms with Gasteiger partial charge in [0.2, 0.25) is 0 Å². The van der Waals surface area contributed by atoms with Gasteiger partial charge in [0.05, 0.1) is 12.6 Å². The van der Waals surface area contributed by atoms with Crippen LogP contribution in [0.15, 0.2) is 11.6 Å². The maximum Gasteiger partial charge on any atom is 0.317 e. The van der Waals surface area contributed by atoms with E-state index < -0.39 is 5.97 Å². The van der Waals surface area contributed by atoms with Crippen LogP contribution in [0.2, 0.25) is 0 Å². The average molecular weight is 448 g/mol. The summed E-state index contributed by atoms with van der Waals surface area (Å²) in [7, 11) is 0. The maximum atomic E-state index is 10.2. The van der Waals surface area contributed by atoms with E-state index in [0.717, 1.165) is 42.4 Å². The second kappa shape index (κ2) is 10.6. The van der Waals surface area contributed by atoms with Gasteiger partial charge < -0.3 is 15.9 Å². The Kier molecular flexibility index (Phi) is 8.52. The molecular weight excluding hydrogens is 398 g/mol. The summed E-state index contributed by atoms with van der Waals surface area (Å²) in [5.41, 5.74) is 7.21. The Hall–Kier alpha value is -0.870. The molecule has 0 amide bonds. The summed E-state index contributed by atoms with van der Waals surface area (Å²) in [6.45, 7) is 9.69. The van der Waals surface area contributed by atoms with Crippen LogP contribution in [0.1, 0.15) is 105 Å². The van der Waals surface area contributed by atoms with Crippen molar-refractivity contribution in [3.63, 3.8) is 0 Å². The number of aliphatic carboxylic acids is 1. The lowest BCUT2D eigenvalue weighted by Crippen LogP contribution is -2.50. The minimum atomic E-state index is -0.968. The van der Waals surface area contributed by atoms with Crippen LogP contribution in [0.4, 0.5) is 0 Å². The first-order valence-corrected chi connectivity index (χ1v) is 13.4. The minimum absolute atomic E-state index is 0.0727. The molecule has 0 radical (unpaired) electrons. The Morgan fingerprint density at radius 1 is 1.12 bits per heavy atom. The van der Waals surface area contributed by atoms with Crippen LogP contribution in [0.3, 0.4) is 0 Å². The molecule has 0 aromatic rings. The zero-order chi connectivity index (χ0) is 23.5. The first-order valence-electron chi connectivity index (χ1n) is 13.4. The summed E-state index contributed by atoms with van der Waals surface area (Å²) in [5, 5.41) is 17.8. The van der Waals surface area contributed by atoms with Gasteiger partial charge in [0.25, 0.3) is 0 Å². The molecule has 4 nitrogen and oxygen atoms in total. The number of carbonyl (C=O) groups is 1. The van der Waals surface area contributed by atoms with Crippen LogP contribution in [0.5, 0.6) is 0 Å². The van der Waals surface area contributed by atoms with Crippen LogP contribution < -0.4 is 5.73 Å². The van der Waals surface area contributed by atoms with E-state index in [2.05, 4.69) is 39.5 Å². The maximum absolute atomic E-state index is 10.2. The number of hydrogen-bond acceptors (Lipinski definition) is 3. The fourth-order valence-electron chi connectivity index (χ4n) is 8.17. The molecule has 0 heterocycles. The van der Waals surface area contributed by atoms with Gasteiger partial charge in [-0.25, -0.2) is 0 Å². The number of allylic oxidation sites excluding steroid dienone is 1. The normalized spacial score (nSPS) is 40.5. The van der Waals surface area contributed by atoms with Gasteiger partial charge in [-0.15, -0.1) is 0 Å². The number of rotatable bonds is 6. The molecule has 0 aromatic carbocycles. The number of nitrogens with two attached hydrogens (primary N) is 1. The zero-order valence-electron chi connectivity index (χ0n) is 21.1. The summed E-state index contributed by atoms with van der Waals surface area (Å²) in [5.74, 6) is 3.67. The molecule has 0 saturated heterocycles. The predicted molar refractivity (Wildman–Crippen MR) is 131 cm³/mol. The Morgan fingerprint density at radius 3 is 2.50 bits per heavy atom. The zero-order valence-corrected chi connectivity index (χ0v) is 21.1. The number of carboxylic acid groups (broad SMARTS) is 1. The minimum Gasteiger partial charge on any atom is -0.480 e. The van der Waals surface area contributed by atoms with Gasteiger partial charge in [-0.3, -0.25) is 4.79 Å². The molecule has 3 saturated carbocycles. The van der Waals surface area contributed by atoms with Crippen molar-refractivity contribution in [2.75, 3.05) is 6.54 Å². The van der Waals surface area contributed by atoms with E-state index >= 15 is 0 Å². The molecule has 0 aromatic heterocycles. The van der Waals surface area contributed by atoms with Gasteiger partial charge in [-0.2, -0.15) is 0 Å². The van der Waals surface area contributed by atoms with Crippen LogP contribution in [-0.2, 0) is 4.79 Å². The van der Waals surface area contributed by atoms with E-state index in [-0.39, 0.29) is 12.6 Å². The Labute approximate surface area is 196 Å². The third-order valence-corrected chi connectivity index (χ3v) is 10.0. The molecule has 4 heteroatoms. The Morgan fingerprint density at radius 2 is 1.84 bits per heavy atom. The van der Waals surface area contributed by atoms with Crippen LogP contribution >= 0.6 is 0 Å². The lowest BCUT2D eigenvalue weighted by molar-refractivity contribution is -0.135. The molecule has 0 spiro atoms. The number of aliphatic hydroxyl groups is 1. The molecule has 4 rings (SSSR count). The number of unbranched alkanes of at least 4 members (excludes halogenated alkanes) is 1. The van der Waals surface area contributed by atoms with Gasteiger partial charge in [0.1, 0.15) is 0 Å². The number of aliphatic hydroxyl groups excluding tert-OH is 1. The number of hydrogen-bond donors (Lipinski definition) is 3. The lowest BCUT2D eigenvalue weighted by atomic mass is 9.47. The van der Waals surface area contributed by atoms with Crippen molar-refractivity contribution in [2.24, 2.45) is 46.2 Å². The Bertz CT molecular complexity index is 674. The average Bonchev–Trinajstić information content (AvgIpc) is 3.08. The molecule has 4 N–H and O–H groups in total. The fourth-order valence-corrected chi connectivity index (χ4v) is 8.17. The summed E-state index contributed by atoms with van der Waals surface area (Å²) in [6, 6.07) is 0. The van der Waals surface area contributed by atoms with E-state index in [1.54, 1.807) is 5.57 Å². The predicted octanol–water partition coefficient (Wildman–Crippen LogP) is 6.17.